The van der Waals surface area contributed by atoms with Crippen molar-refractivity contribution in [2.75, 3.05) is 45.9 Å². The second-order valence-electron chi connectivity index (χ2n) is 5.99. The highest BCUT2D eigenvalue weighted by molar-refractivity contribution is 5.77. The molecule has 2 heterocycles. The first-order chi connectivity index (χ1) is 11.2. The first-order valence-corrected chi connectivity index (χ1v) is 8.18. The number of hydrogen-bond donors (Lipinski definition) is 0. The number of carbonyl (C=O) groups is 2. The van der Waals surface area contributed by atoms with Crippen molar-refractivity contribution in [3.63, 3.8) is 0 Å². The highest BCUT2D eigenvalue weighted by Gasteiger charge is 2.25. The minimum Gasteiger partial charge on any atom is -0.448 e. The fourth-order valence-corrected chi connectivity index (χ4v) is 3.01. The first-order valence-electron chi connectivity index (χ1n) is 8.18. The molecule has 2 aliphatic heterocycles. The molecule has 2 fully saturated rings. The van der Waals surface area contributed by atoms with E-state index in [-0.39, 0.29) is 12.0 Å². The van der Waals surface area contributed by atoms with Crippen LogP contribution < -0.4 is 0 Å². The van der Waals surface area contributed by atoms with Crippen LogP contribution in [0.1, 0.15) is 12.0 Å². The number of amides is 2. The van der Waals surface area contributed by atoms with E-state index < -0.39 is 0 Å². The van der Waals surface area contributed by atoms with Crippen LogP contribution in [0.2, 0.25) is 0 Å². The van der Waals surface area contributed by atoms with Gasteiger partial charge in [-0.25, -0.2) is 4.79 Å². The van der Waals surface area contributed by atoms with Crippen molar-refractivity contribution < 1.29 is 14.3 Å². The molecular weight excluding hydrogens is 294 g/mol. The van der Waals surface area contributed by atoms with Gasteiger partial charge in [0.1, 0.15) is 6.61 Å². The molecular formula is C17H23N3O3. The third kappa shape index (κ3) is 4.22. The van der Waals surface area contributed by atoms with Crippen LogP contribution in [0.5, 0.6) is 0 Å². The maximum atomic E-state index is 12.3. The summed E-state index contributed by atoms with van der Waals surface area (Å²) in [5, 5.41) is 0. The summed E-state index contributed by atoms with van der Waals surface area (Å²) < 4.78 is 4.87. The number of rotatable bonds is 5. The molecule has 0 unspecified atom stereocenters. The van der Waals surface area contributed by atoms with E-state index in [9.17, 15) is 9.59 Å². The SMILES string of the molecule is O=C(CCN1CCOC1=O)N1CCN(Cc2ccccc2)CC1. The summed E-state index contributed by atoms with van der Waals surface area (Å²) in [7, 11) is 0. The second-order valence-corrected chi connectivity index (χ2v) is 5.99. The van der Waals surface area contributed by atoms with Gasteiger partial charge in [0.05, 0.1) is 6.54 Å². The predicted octanol–water partition coefficient (Wildman–Crippen LogP) is 1.17. The molecule has 0 spiro atoms. The number of ether oxygens (including phenoxy) is 1. The standard InChI is InChI=1S/C17H23N3O3/c21-16(6-7-20-12-13-23-17(20)22)19-10-8-18(9-11-19)14-15-4-2-1-3-5-15/h1-5H,6-14H2. The normalized spacial score (nSPS) is 19.0. The van der Waals surface area contributed by atoms with Crippen molar-refractivity contribution in [1.82, 2.24) is 14.7 Å². The zero-order valence-electron chi connectivity index (χ0n) is 13.3. The minimum absolute atomic E-state index is 0.129. The lowest BCUT2D eigenvalue weighted by Gasteiger charge is -2.35. The molecule has 0 bridgehead atoms. The Morgan fingerprint density at radius 1 is 1.04 bits per heavy atom. The van der Waals surface area contributed by atoms with E-state index in [4.69, 9.17) is 4.74 Å². The van der Waals surface area contributed by atoms with Crippen LogP contribution >= 0.6 is 0 Å². The lowest BCUT2D eigenvalue weighted by molar-refractivity contribution is -0.133. The minimum atomic E-state index is -0.300. The maximum Gasteiger partial charge on any atom is 0.409 e. The molecule has 124 valence electrons. The van der Waals surface area contributed by atoms with E-state index in [1.165, 1.54) is 5.56 Å². The Kier molecular flexibility index (Phi) is 5.12. The molecule has 0 aliphatic carbocycles. The van der Waals surface area contributed by atoms with Gasteiger partial charge in [-0.15, -0.1) is 0 Å². The Balaban J connectivity index is 1.39. The van der Waals surface area contributed by atoms with Gasteiger partial charge in [-0.2, -0.15) is 0 Å². The Bertz CT molecular complexity index is 541. The summed E-state index contributed by atoms with van der Waals surface area (Å²) in [6.45, 7) is 5.73. The molecule has 0 N–H and O–H groups in total. The highest BCUT2D eigenvalue weighted by atomic mass is 16.6. The number of piperazine rings is 1. The number of benzene rings is 1. The molecule has 0 radical (unpaired) electrons. The molecule has 1 aromatic rings. The summed E-state index contributed by atoms with van der Waals surface area (Å²) in [5.74, 6) is 0.129. The topological polar surface area (TPSA) is 53.1 Å². The highest BCUT2D eigenvalue weighted by Crippen LogP contribution is 2.10. The smallest absolute Gasteiger partial charge is 0.409 e. The Morgan fingerprint density at radius 2 is 1.78 bits per heavy atom. The van der Waals surface area contributed by atoms with Gasteiger partial charge in [0, 0.05) is 45.7 Å². The van der Waals surface area contributed by atoms with Gasteiger partial charge in [0.2, 0.25) is 5.91 Å². The van der Waals surface area contributed by atoms with Crippen LogP contribution in [0.15, 0.2) is 30.3 Å². The number of nitrogens with zero attached hydrogens (tertiary/aromatic N) is 3. The van der Waals surface area contributed by atoms with Gasteiger partial charge in [-0.1, -0.05) is 30.3 Å². The quantitative estimate of drug-likeness (QED) is 0.818. The number of cyclic esters (lactones) is 1. The third-order valence-corrected chi connectivity index (χ3v) is 4.41. The van der Waals surface area contributed by atoms with Crippen LogP contribution in [0.4, 0.5) is 4.79 Å². The lowest BCUT2D eigenvalue weighted by Crippen LogP contribution is -2.48. The Morgan fingerprint density at radius 3 is 2.43 bits per heavy atom. The van der Waals surface area contributed by atoms with Crippen LogP contribution in [-0.4, -0.2) is 72.6 Å². The molecule has 0 atom stereocenters. The fraction of sp³-hybridized carbons (Fsp3) is 0.529. The molecule has 2 aliphatic rings. The molecule has 6 nitrogen and oxygen atoms in total. The molecule has 23 heavy (non-hydrogen) atoms. The largest absolute Gasteiger partial charge is 0.448 e. The van der Waals surface area contributed by atoms with Crippen molar-refractivity contribution in [3.8, 4) is 0 Å². The van der Waals surface area contributed by atoms with E-state index in [2.05, 4.69) is 29.2 Å². The van der Waals surface area contributed by atoms with Crippen molar-refractivity contribution in [1.29, 1.82) is 0 Å². The van der Waals surface area contributed by atoms with Gasteiger partial charge in [-0.05, 0) is 5.56 Å². The predicted molar refractivity (Wildman–Crippen MR) is 85.8 cm³/mol. The van der Waals surface area contributed by atoms with E-state index in [1.807, 2.05) is 11.0 Å². The fourth-order valence-electron chi connectivity index (χ4n) is 3.01. The van der Waals surface area contributed by atoms with Crippen LogP contribution in [-0.2, 0) is 16.1 Å². The van der Waals surface area contributed by atoms with Crippen LogP contribution in [0, 0.1) is 0 Å². The Hall–Kier alpha value is -2.08. The van der Waals surface area contributed by atoms with Crippen molar-refractivity contribution in [2.24, 2.45) is 0 Å². The average Bonchev–Trinajstić information content (AvgIpc) is 2.99. The number of hydrogen-bond acceptors (Lipinski definition) is 4. The van der Waals surface area contributed by atoms with Gasteiger partial charge in [0.25, 0.3) is 0 Å². The average molecular weight is 317 g/mol. The molecule has 0 aromatic heterocycles. The first kappa shape index (κ1) is 15.8. The van der Waals surface area contributed by atoms with Gasteiger partial charge in [-0.3, -0.25) is 9.69 Å². The molecule has 2 saturated heterocycles. The van der Waals surface area contributed by atoms with Gasteiger partial charge < -0.3 is 14.5 Å². The van der Waals surface area contributed by atoms with E-state index in [1.54, 1.807) is 4.90 Å². The molecule has 3 rings (SSSR count). The summed E-state index contributed by atoms with van der Waals surface area (Å²) in [6, 6.07) is 10.4. The lowest BCUT2D eigenvalue weighted by atomic mass is 10.2. The van der Waals surface area contributed by atoms with Crippen molar-refractivity contribution in [3.05, 3.63) is 35.9 Å². The number of carbonyl (C=O) groups excluding carboxylic acids is 2. The second kappa shape index (κ2) is 7.46. The summed E-state index contributed by atoms with van der Waals surface area (Å²) in [5.41, 5.74) is 1.31. The third-order valence-electron chi connectivity index (χ3n) is 4.41. The van der Waals surface area contributed by atoms with E-state index in [0.717, 1.165) is 32.7 Å². The van der Waals surface area contributed by atoms with Crippen LogP contribution in [0.3, 0.4) is 0 Å². The molecule has 2 amide bonds. The summed E-state index contributed by atoms with van der Waals surface area (Å²) in [6.07, 6.45) is 0.0822. The van der Waals surface area contributed by atoms with E-state index >= 15 is 0 Å². The summed E-state index contributed by atoms with van der Waals surface area (Å²) >= 11 is 0. The molecule has 1 aromatic carbocycles. The molecule has 6 heteroatoms. The van der Waals surface area contributed by atoms with E-state index in [0.29, 0.717) is 26.1 Å². The Labute approximate surface area is 136 Å². The van der Waals surface area contributed by atoms with Gasteiger partial charge in [0.15, 0.2) is 0 Å². The summed E-state index contributed by atoms with van der Waals surface area (Å²) in [4.78, 5) is 29.5. The van der Waals surface area contributed by atoms with Crippen LogP contribution in [0.25, 0.3) is 0 Å². The maximum absolute atomic E-state index is 12.3. The monoisotopic (exact) mass is 317 g/mol. The zero-order valence-corrected chi connectivity index (χ0v) is 13.3. The molecule has 0 saturated carbocycles. The van der Waals surface area contributed by atoms with Gasteiger partial charge >= 0.3 is 6.09 Å². The van der Waals surface area contributed by atoms with Crippen molar-refractivity contribution >= 4 is 12.0 Å². The van der Waals surface area contributed by atoms with Crippen molar-refractivity contribution in [2.45, 2.75) is 13.0 Å². The zero-order chi connectivity index (χ0) is 16.1.